The Morgan fingerprint density at radius 3 is 3.18 bits per heavy atom. The number of ether oxygens (including phenoxy) is 1. The minimum Gasteiger partial charge on any atom is -0.414 e. The average Bonchev–Trinajstić information content (AvgIpc) is 2.77. The predicted octanol–water partition coefficient (Wildman–Crippen LogP) is -0.187. The molecule has 1 saturated heterocycles. The first-order valence-electron chi connectivity index (χ1n) is 5.49. The molecule has 0 aliphatic carbocycles. The zero-order valence-electron chi connectivity index (χ0n) is 9.63. The Labute approximate surface area is 98.4 Å². The molecular formula is C10H15N3O4. The molecule has 7 nitrogen and oxygen atoms in total. The van der Waals surface area contributed by atoms with Crippen molar-refractivity contribution in [2.45, 2.75) is 25.6 Å². The van der Waals surface area contributed by atoms with Crippen LogP contribution in [0.1, 0.15) is 29.4 Å². The molecule has 94 valence electrons. The van der Waals surface area contributed by atoms with Gasteiger partial charge in [-0.2, -0.15) is 0 Å². The summed E-state index contributed by atoms with van der Waals surface area (Å²) in [7, 11) is 1.51. The van der Waals surface area contributed by atoms with Gasteiger partial charge in [0.25, 0.3) is 0 Å². The van der Waals surface area contributed by atoms with Gasteiger partial charge in [0.2, 0.25) is 5.89 Å². The first-order chi connectivity index (χ1) is 8.20. The highest BCUT2D eigenvalue weighted by atomic mass is 16.5. The van der Waals surface area contributed by atoms with E-state index >= 15 is 0 Å². The molecule has 0 radical (unpaired) electrons. The lowest BCUT2D eigenvalue weighted by Gasteiger charge is -2.28. The number of hydrogen-bond acceptors (Lipinski definition) is 6. The number of aliphatic hydroxyl groups excluding tert-OH is 1. The molecular weight excluding hydrogens is 226 g/mol. The molecule has 17 heavy (non-hydrogen) atoms. The number of β-amino-alcohol motifs (C(OH)–C–C–N with tert-alkyl or cyclic N) is 1. The van der Waals surface area contributed by atoms with Crippen molar-refractivity contribution in [3.8, 4) is 0 Å². The Kier molecular flexibility index (Phi) is 3.70. The van der Waals surface area contributed by atoms with Crippen molar-refractivity contribution < 1.29 is 19.1 Å². The molecule has 1 atom stereocenters. The van der Waals surface area contributed by atoms with E-state index in [0.29, 0.717) is 13.1 Å². The molecule has 1 N–H and O–H groups in total. The van der Waals surface area contributed by atoms with Gasteiger partial charge >= 0.3 is 11.8 Å². The third-order valence-corrected chi connectivity index (χ3v) is 2.60. The second-order valence-corrected chi connectivity index (χ2v) is 3.98. The summed E-state index contributed by atoms with van der Waals surface area (Å²) in [6.45, 7) is 1.11. The molecule has 0 saturated carbocycles. The average molecular weight is 241 g/mol. The molecule has 1 aromatic heterocycles. The Morgan fingerprint density at radius 1 is 1.65 bits per heavy atom. The molecule has 0 bridgehead atoms. The van der Waals surface area contributed by atoms with E-state index in [4.69, 9.17) is 9.15 Å². The lowest BCUT2D eigenvalue weighted by Crippen LogP contribution is -2.42. The zero-order valence-corrected chi connectivity index (χ0v) is 9.63. The van der Waals surface area contributed by atoms with Crippen LogP contribution in [0.15, 0.2) is 4.42 Å². The summed E-state index contributed by atoms with van der Waals surface area (Å²) in [5.74, 6) is -0.113. The fourth-order valence-corrected chi connectivity index (χ4v) is 1.80. The van der Waals surface area contributed by atoms with Gasteiger partial charge in [0.15, 0.2) is 0 Å². The number of amides is 1. The monoisotopic (exact) mass is 241 g/mol. The minimum atomic E-state index is -0.464. The van der Waals surface area contributed by atoms with Crippen molar-refractivity contribution in [2.24, 2.45) is 0 Å². The molecule has 1 amide bonds. The molecule has 2 rings (SSSR count). The molecule has 1 aliphatic heterocycles. The number of methoxy groups -OCH3 is 1. The topological polar surface area (TPSA) is 88.7 Å². The second-order valence-electron chi connectivity index (χ2n) is 3.98. The van der Waals surface area contributed by atoms with E-state index < -0.39 is 6.10 Å². The predicted molar refractivity (Wildman–Crippen MR) is 56.2 cm³/mol. The van der Waals surface area contributed by atoms with Gasteiger partial charge in [0.05, 0.1) is 6.10 Å². The third kappa shape index (κ3) is 2.80. The van der Waals surface area contributed by atoms with E-state index in [0.717, 1.165) is 12.8 Å². The summed E-state index contributed by atoms with van der Waals surface area (Å²) in [6.07, 6.45) is 1.04. The van der Waals surface area contributed by atoms with Crippen molar-refractivity contribution in [1.82, 2.24) is 15.1 Å². The van der Waals surface area contributed by atoms with E-state index in [9.17, 15) is 9.90 Å². The number of piperidine rings is 1. The van der Waals surface area contributed by atoms with Gasteiger partial charge in [-0.05, 0) is 12.8 Å². The quantitative estimate of drug-likeness (QED) is 0.789. The Morgan fingerprint density at radius 2 is 2.47 bits per heavy atom. The Hall–Kier alpha value is -1.47. The number of likely N-dealkylation sites (tertiary alicyclic amines) is 1. The van der Waals surface area contributed by atoms with Crippen LogP contribution in [0.5, 0.6) is 0 Å². The van der Waals surface area contributed by atoms with Crippen molar-refractivity contribution in [1.29, 1.82) is 0 Å². The molecule has 1 aromatic rings. The maximum absolute atomic E-state index is 11.9. The SMILES string of the molecule is COCc1nnc(C(=O)N2CCC[C@H](O)C2)o1. The smallest absolute Gasteiger partial charge is 0.311 e. The summed E-state index contributed by atoms with van der Waals surface area (Å²) < 4.78 is 9.98. The number of aliphatic hydroxyl groups is 1. The fraction of sp³-hybridized carbons (Fsp3) is 0.700. The Bertz CT molecular complexity index is 393. The van der Waals surface area contributed by atoms with Gasteiger partial charge in [0.1, 0.15) is 6.61 Å². The number of nitrogens with zero attached hydrogens (tertiary/aromatic N) is 3. The zero-order chi connectivity index (χ0) is 12.3. The van der Waals surface area contributed by atoms with Gasteiger partial charge in [-0.3, -0.25) is 4.79 Å². The number of aromatic nitrogens is 2. The third-order valence-electron chi connectivity index (χ3n) is 2.60. The largest absolute Gasteiger partial charge is 0.414 e. The number of rotatable bonds is 3. The summed E-state index contributed by atoms with van der Waals surface area (Å²) >= 11 is 0. The molecule has 0 spiro atoms. The lowest BCUT2D eigenvalue weighted by molar-refractivity contribution is 0.0437. The standard InChI is InChI=1S/C10H15N3O4/c1-16-6-8-11-12-9(17-8)10(15)13-4-2-3-7(14)5-13/h7,14H,2-6H2,1H3/t7-/m0/s1. The Balaban J connectivity index is 2.02. The first kappa shape index (κ1) is 12.0. The molecule has 2 heterocycles. The van der Waals surface area contributed by atoms with Crippen LogP contribution < -0.4 is 0 Å². The van der Waals surface area contributed by atoms with Crippen molar-refractivity contribution >= 4 is 5.91 Å². The first-order valence-corrected chi connectivity index (χ1v) is 5.49. The van der Waals surface area contributed by atoms with Gasteiger partial charge < -0.3 is 19.2 Å². The van der Waals surface area contributed by atoms with Crippen molar-refractivity contribution in [3.05, 3.63) is 11.8 Å². The molecule has 0 aromatic carbocycles. The van der Waals surface area contributed by atoms with Crippen LogP contribution in [0.25, 0.3) is 0 Å². The van der Waals surface area contributed by atoms with E-state index in [1.165, 1.54) is 12.0 Å². The maximum Gasteiger partial charge on any atom is 0.311 e. The van der Waals surface area contributed by atoms with Gasteiger partial charge in [-0.15, -0.1) is 10.2 Å². The van der Waals surface area contributed by atoms with Gasteiger partial charge in [-0.1, -0.05) is 0 Å². The van der Waals surface area contributed by atoms with Crippen LogP contribution in [-0.2, 0) is 11.3 Å². The van der Waals surface area contributed by atoms with Crippen molar-refractivity contribution in [2.75, 3.05) is 20.2 Å². The number of hydrogen-bond donors (Lipinski definition) is 1. The molecule has 0 unspecified atom stereocenters. The summed E-state index contributed by atoms with van der Waals surface area (Å²) in [6, 6.07) is 0. The van der Waals surface area contributed by atoms with Crippen LogP contribution in [0.3, 0.4) is 0 Å². The van der Waals surface area contributed by atoms with E-state index in [1.807, 2.05) is 0 Å². The van der Waals surface area contributed by atoms with Crippen LogP contribution >= 0.6 is 0 Å². The van der Waals surface area contributed by atoms with E-state index in [1.54, 1.807) is 0 Å². The van der Waals surface area contributed by atoms with Crippen LogP contribution in [0.4, 0.5) is 0 Å². The summed E-state index contributed by atoms with van der Waals surface area (Å²) in [4.78, 5) is 13.5. The molecule has 1 fully saturated rings. The minimum absolute atomic E-state index is 0.0499. The van der Waals surface area contributed by atoms with Crippen LogP contribution in [0.2, 0.25) is 0 Å². The normalized spacial score (nSPS) is 20.6. The molecule has 7 heteroatoms. The highest BCUT2D eigenvalue weighted by Crippen LogP contribution is 2.13. The van der Waals surface area contributed by atoms with Crippen LogP contribution in [0, 0.1) is 0 Å². The van der Waals surface area contributed by atoms with E-state index in [2.05, 4.69) is 10.2 Å². The summed E-state index contributed by atoms with van der Waals surface area (Å²) in [5, 5.41) is 16.8. The highest BCUT2D eigenvalue weighted by molar-refractivity contribution is 5.89. The van der Waals surface area contributed by atoms with Crippen molar-refractivity contribution in [3.63, 3.8) is 0 Å². The van der Waals surface area contributed by atoms with Crippen LogP contribution in [-0.4, -0.2) is 52.4 Å². The number of carbonyl (C=O) groups excluding carboxylic acids is 1. The number of carbonyl (C=O) groups is 1. The second kappa shape index (κ2) is 5.24. The maximum atomic E-state index is 11.9. The van der Waals surface area contributed by atoms with E-state index in [-0.39, 0.29) is 24.3 Å². The van der Waals surface area contributed by atoms with Gasteiger partial charge in [-0.25, -0.2) is 0 Å². The summed E-state index contributed by atoms with van der Waals surface area (Å²) in [5.41, 5.74) is 0. The fourth-order valence-electron chi connectivity index (χ4n) is 1.80. The highest BCUT2D eigenvalue weighted by Gasteiger charge is 2.26. The molecule has 1 aliphatic rings. The van der Waals surface area contributed by atoms with Gasteiger partial charge in [0, 0.05) is 20.2 Å². The lowest BCUT2D eigenvalue weighted by atomic mass is 10.1.